The standard InChI is InChI=1S/C35H43F2N/c1-7-8-20-38-21-19-28-10-13-29(14-11-28)31(22-25(2)3)16-15-30-24-32(12-9-26(30)4)34-18-17-33(23-27(34)5)35(6,36)37/h7,9-15,17-18,23-25,31,38H,1,4,8,16,19-22H2,2-3,5-6H3/b30-15-. The van der Waals surface area contributed by atoms with Crippen LogP contribution in [0.4, 0.5) is 8.78 Å². The van der Waals surface area contributed by atoms with Crippen molar-refractivity contribution < 1.29 is 8.78 Å². The first-order chi connectivity index (χ1) is 18.1. The first-order valence-corrected chi connectivity index (χ1v) is 13.8. The molecule has 1 nitrogen and oxygen atoms in total. The van der Waals surface area contributed by atoms with E-state index in [9.17, 15) is 8.78 Å². The molecule has 3 aromatic rings. The highest BCUT2D eigenvalue weighted by Crippen LogP contribution is 2.31. The molecule has 0 amide bonds. The van der Waals surface area contributed by atoms with Crippen molar-refractivity contribution in [3.05, 3.63) is 106 Å². The van der Waals surface area contributed by atoms with Crippen molar-refractivity contribution in [1.82, 2.24) is 5.32 Å². The van der Waals surface area contributed by atoms with E-state index >= 15 is 0 Å². The summed E-state index contributed by atoms with van der Waals surface area (Å²) in [6.45, 7) is 17.3. The monoisotopic (exact) mass is 515 g/mol. The van der Waals surface area contributed by atoms with Gasteiger partial charge in [-0.3, -0.25) is 0 Å². The molecule has 1 unspecified atom stereocenters. The van der Waals surface area contributed by atoms with Crippen LogP contribution in [-0.2, 0) is 12.3 Å². The molecule has 0 aliphatic carbocycles. The minimum atomic E-state index is -2.84. The quantitative estimate of drug-likeness (QED) is 0.180. The zero-order valence-corrected chi connectivity index (χ0v) is 23.5. The van der Waals surface area contributed by atoms with Crippen molar-refractivity contribution in [2.45, 2.75) is 65.2 Å². The molecule has 38 heavy (non-hydrogen) atoms. The van der Waals surface area contributed by atoms with Crippen molar-refractivity contribution in [2.75, 3.05) is 13.1 Å². The lowest BCUT2D eigenvalue weighted by Crippen LogP contribution is -2.23. The maximum absolute atomic E-state index is 13.8. The Morgan fingerprint density at radius 3 is 2.34 bits per heavy atom. The van der Waals surface area contributed by atoms with Crippen LogP contribution >= 0.6 is 0 Å². The molecule has 0 bridgehead atoms. The zero-order chi connectivity index (χ0) is 27.7. The highest BCUT2D eigenvalue weighted by molar-refractivity contribution is 5.68. The Kier molecular flexibility index (Phi) is 10.6. The summed E-state index contributed by atoms with van der Waals surface area (Å²) in [6, 6.07) is 20.2. The maximum Gasteiger partial charge on any atom is 0.270 e. The lowest BCUT2D eigenvalue weighted by atomic mass is 9.86. The van der Waals surface area contributed by atoms with Gasteiger partial charge in [-0.05, 0) is 108 Å². The summed E-state index contributed by atoms with van der Waals surface area (Å²) < 4.78 is 27.6. The molecule has 3 rings (SSSR count). The summed E-state index contributed by atoms with van der Waals surface area (Å²) in [5, 5.41) is 5.53. The molecule has 1 atom stereocenters. The maximum atomic E-state index is 13.8. The highest BCUT2D eigenvalue weighted by atomic mass is 19.3. The van der Waals surface area contributed by atoms with Gasteiger partial charge in [0.25, 0.3) is 5.92 Å². The van der Waals surface area contributed by atoms with Gasteiger partial charge in [-0.1, -0.05) is 81.1 Å². The molecule has 0 saturated heterocycles. The van der Waals surface area contributed by atoms with Crippen LogP contribution in [0.5, 0.6) is 0 Å². The second-order valence-corrected chi connectivity index (χ2v) is 10.9. The van der Waals surface area contributed by atoms with Crippen LogP contribution in [0, 0.1) is 12.8 Å². The minimum absolute atomic E-state index is 0.0471. The first kappa shape index (κ1) is 29.5. The van der Waals surface area contributed by atoms with Gasteiger partial charge in [0, 0.05) is 12.5 Å². The summed E-state index contributed by atoms with van der Waals surface area (Å²) in [7, 11) is 0. The van der Waals surface area contributed by atoms with Gasteiger partial charge < -0.3 is 5.32 Å². The summed E-state index contributed by atoms with van der Waals surface area (Å²) >= 11 is 0. The van der Waals surface area contributed by atoms with Gasteiger partial charge in [-0.2, -0.15) is 0 Å². The molecule has 3 aromatic carbocycles. The highest BCUT2D eigenvalue weighted by Gasteiger charge is 2.24. The number of rotatable bonds is 13. The number of aryl methyl sites for hydroxylation is 1. The molecule has 0 fully saturated rings. The third-order valence-electron chi connectivity index (χ3n) is 7.14. The van der Waals surface area contributed by atoms with Crippen LogP contribution in [0.1, 0.15) is 68.2 Å². The van der Waals surface area contributed by atoms with Gasteiger partial charge in [0.05, 0.1) is 0 Å². The summed E-state index contributed by atoms with van der Waals surface area (Å²) in [4.78, 5) is 0. The third kappa shape index (κ3) is 8.49. The molecule has 3 heteroatoms. The van der Waals surface area contributed by atoms with Crippen LogP contribution in [-0.4, -0.2) is 13.1 Å². The van der Waals surface area contributed by atoms with Crippen molar-refractivity contribution >= 4 is 12.7 Å². The van der Waals surface area contributed by atoms with E-state index in [-0.39, 0.29) is 5.56 Å². The van der Waals surface area contributed by atoms with E-state index in [1.807, 2.05) is 31.2 Å². The predicted molar refractivity (Wildman–Crippen MR) is 160 cm³/mol. The average molecular weight is 516 g/mol. The second-order valence-electron chi connectivity index (χ2n) is 10.9. The number of hydrogen-bond donors (Lipinski definition) is 1. The van der Waals surface area contributed by atoms with Gasteiger partial charge in [-0.25, -0.2) is 8.78 Å². The number of hydrogen-bond acceptors (Lipinski definition) is 1. The van der Waals surface area contributed by atoms with E-state index in [1.165, 1.54) is 17.2 Å². The topological polar surface area (TPSA) is 12.0 Å². The second kappa shape index (κ2) is 13.7. The molecule has 202 valence electrons. The Morgan fingerprint density at radius 2 is 1.71 bits per heavy atom. The average Bonchev–Trinajstić information content (AvgIpc) is 2.87. The fourth-order valence-electron chi connectivity index (χ4n) is 4.94. The Labute approximate surface area is 228 Å². The SMILES string of the molecule is C=CCCNCCc1ccc(C(C/C=c2/cc(-c3ccc(C(C)(F)F)cc3C)ccc2=C)CC(C)C)cc1. The van der Waals surface area contributed by atoms with Crippen LogP contribution < -0.4 is 15.8 Å². The molecule has 1 N–H and O–H groups in total. The normalized spacial score (nSPS) is 13.2. The van der Waals surface area contributed by atoms with Gasteiger partial charge in [0.1, 0.15) is 0 Å². The Balaban J connectivity index is 1.81. The zero-order valence-electron chi connectivity index (χ0n) is 23.5. The first-order valence-electron chi connectivity index (χ1n) is 13.8. The third-order valence-corrected chi connectivity index (χ3v) is 7.14. The fraction of sp³-hybridized carbons (Fsp3) is 0.371. The fourth-order valence-corrected chi connectivity index (χ4v) is 4.94. The van der Waals surface area contributed by atoms with Gasteiger partial charge in [0.2, 0.25) is 0 Å². The van der Waals surface area contributed by atoms with E-state index in [4.69, 9.17) is 0 Å². The number of alkyl halides is 2. The number of halogens is 2. The van der Waals surface area contributed by atoms with Gasteiger partial charge in [-0.15, -0.1) is 6.58 Å². The smallest absolute Gasteiger partial charge is 0.270 e. The van der Waals surface area contributed by atoms with Crippen molar-refractivity contribution in [3.8, 4) is 11.1 Å². The Bertz CT molecular complexity index is 1300. The predicted octanol–water partition coefficient (Wildman–Crippen LogP) is 7.89. The van der Waals surface area contributed by atoms with Crippen LogP contribution in [0.2, 0.25) is 0 Å². The van der Waals surface area contributed by atoms with Crippen molar-refractivity contribution in [3.63, 3.8) is 0 Å². The summed E-state index contributed by atoms with van der Waals surface area (Å²) in [5.41, 5.74) is 5.61. The van der Waals surface area contributed by atoms with Crippen molar-refractivity contribution in [2.24, 2.45) is 5.92 Å². The number of nitrogens with one attached hydrogen (secondary N) is 1. The van der Waals surface area contributed by atoms with Crippen LogP contribution in [0.15, 0.2) is 73.3 Å². The lowest BCUT2D eigenvalue weighted by Gasteiger charge is -2.19. The summed E-state index contributed by atoms with van der Waals surface area (Å²) in [5.74, 6) is -1.83. The molecule has 0 aromatic heterocycles. The van der Waals surface area contributed by atoms with Gasteiger partial charge in [0.15, 0.2) is 0 Å². The summed E-state index contributed by atoms with van der Waals surface area (Å²) in [6.07, 6.45) is 8.28. The Hall–Kier alpha value is -3.04. The van der Waals surface area contributed by atoms with E-state index in [0.717, 1.165) is 72.8 Å². The van der Waals surface area contributed by atoms with E-state index < -0.39 is 5.92 Å². The minimum Gasteiger partial charge on any atom is -0.316 e. The van der Waals surface area contributed by atoms with E-state index in [2.05, 4.69) is 68.7 Å². The molecule has 0 heterocycles. The molecule has 0 spiro atoms. The van der Waals surface area contributed by atoms with Crippen LogP contribution in [0.25, 0.3) is 23.8 Å². The molecule has 0 aliphatic rings. The van der Waals surface area contributed by atoms with Gasteiger partial charge >= 0.3 is 0 Å². The van der Waals surface area contributed by atoms with E-state index in [1.54, 1.807) is 6.07 Å². The molecule has 0 aliphatic heterocycles. The molecular weight excluding hydrogens is 472 g/mol. The van der Waals surface area contributed by atoms with E-state index in [0.29, 0.717) is 11.8 Å². The van der Waals surface area contributed by atoms with Crippen LogP contribution in [0.3, 0.4) is 0 Å². The molecule has 0 radical (unpaired) electrons. The Morgan fingerprint density at radius 1 is 0.974 bits per heavy atom. The largest absolute Gasteiger partial charge is 0.316 e. The lowest BCUT2D eigenvalue weighted by molar-refractivity contribution is 0.0174. The van der Waals surface area contributed by atoms with Crippen molar-refractivity contribution in [1.29, 1.82) is 0 Å². The number of benzene rings is 3. The molecular formula is C35H43F2N. The molecule has 0 saturated carbocycles.